The lowest BCUT2D eigenvalue weighted by atomic mass is 9.78. The minimum absolute atomic E-state index is 0.198. The number of fused-ring (bicyclic) bond motifs is 1. The van der Waals surface area contributed by atoms with Crippen LogP contribution >= 0.6 is 0 Å². The van der Waals surface area contributed by atoms with Gasteiger partial charge in [-0.25, -0.2) is 0 Å². The van der Waals surface area contributed by atoms with E-state index in [1.54, 1.807) is 0 Å². The van der Waals surface area contributed by atoms with Gasteiger partial charge in [-0.05, 0) is 17.2 Å². The van der Waals surface area contributed by atoms with E-state index in [9.17, 15) is 10.1 Å². The molecular formula is C16H12N2O. The van der Waals surface area contributed by atoms with E-state index >= 15 is 0 Å². The van der Waals surface area contributed by atoms with Crippen molar-refractivity contribution in [3.63, 3.8) is 0 Å². The van der Waals surface area contributed by atoms with Crippen LogP contribution in [0.25, 0.3) is 0 Å². The molecule has 2 atom stereocenters. The van der Waals surface area contributed by atoms with Crippen LogP contribution in [0.3, 0.4) is 0 Å². The van der Waals surface area contributed by atoms with Gasteiger partial charge in [-0.2, -0.15) is 5.26 Å². The highest BCUT2D eigenvalue weighted by Gasteiger charge is 2.36. The Morgan fingerprint density at radius 3 is 2.42 bits per heavy atom. The lowest BCUT2D eigenvalue weighted by molar-refractivity contribution is -0.119. The number of nitrogens with zero attached hydrogens (tertiary/aromatic N) is 1. The van der Waals surface area contributed by atoms with Crippen molar-refractivity contribution in [2.75, 3.05) is 5.32 Å². The van der Waals surface area contributed by atoms with Gasteiger partial charge in [-0.1, -0.05) is 48.5 Å². The number of rotatable bonds is 1. The minimum Gasteiger partial charge on any atom is -0.325 e. The van der Waals surface area contributed by atoms with Crippen LogP contribution in [-0.2, 0) is 4.79 Å². The van der Waals surface area contributed by atoms with Crippen LogP contribution in [0, 0.1) is 17.2 Å². The molecule has 1 heterocycles. The molecule has 0 radical (unpaired) electrons. The maximum atomic E-state index is 12.0. The monoisotopic (exact) mass is 248 g/mol. The van der Waals surface area contributed by atoms with Gasteiger partial charge in [0.05, 0.1) is 6.07 Å². The zero-order valence-corrected chi connectivity index (χ0v) is 10.2. The van der Waals surface area contributed by atoms with Crippen molar-refractivity contribution < 1.29 is 4.79 Å². The molecule has 1 N–H and O–H groups in total. The molecule has 92 valence electrons. The molecule has 0 saturated carbocycles. The van der Waals surface area contributed by atoms with Crippen molar-refractivity contribution in [1.29, 1.82) is 5.26 Å². The molecule has 1 aliphatic heterocycles. The molecule has 3 nitrogen and oxygen atoms in total. The Morgan fingerprint density at radius 2 is 1.68 bits per heavy atom. The first kappa shape index (κ1) is 11.5. The third kappa shape index (κ3) is 1.88. The average Bonchev–Trinajstić information content (AvgIpc) is 2.46. The van der Waals surface area contributed by atoms with Crippen molar-refractivity contribution in [3.05, 3.63) is 65.7 Å². The first-order valence-corrected chi connectivity index (χ1v) is 6.15. The highest BCUT2D eigenvalue weighted by Crippen LogP contribution is 2.39. The Kier molecular flexibility index (Phi) is 2.77. The molecule has 2 aromatic rings. The second-order valence-electron chi connectivity index (χ2n) is 4.57. The Bertz CT molecular complexity index is 658. The third-order valence-electron chi connectivity index (χ3n) is 3.47. The summed E-state index contributed by atoms with van der Waals surface area (Å²) in [6.45, 7) is 0. The standard InChI is InChI=1S/C16H12N2O/c17-10-13-15(11-6-2-1-3-7-11)12-8-4-5-9-14(12)18-16(13)19/h1-9,13,15H,(H,18,19). The number of nitrogens with one attached hydrogen (secondary N) is 1. The summed E-state index contributed by atoms with van der Waals surface area (Å²) < 4.78 is 0. The molecule has 0 aliphatic carbocycles. The molecule has 0 fully saturated rings. The lowest BCUT2D eigenvalue weighted by Crippen LogP contribution is -2.33. The maximum Gasteiger partial charge on any atom is 0.242 e. The summed E-state index contributed by atoms with van der Waals surface area (Å²) in [6, 6.07) is 19.5. The summed E-state index contributed by atoms with van der Waals surface area (Å²) >= 11 is 0. The van der Waals surface area contributed by atoms with E-state index in [1.807, 2.05) is 54.6 Å². The maximum absolute atomic E-state index is 12.0. The summed E-state index contributed by atoms with van der Waals surface area (Å²) in [6.07, 6.45) is 0. The highest BCUT2D eigenvalue weighted by molar-refractivity contribution is 5.98. The first-order valence-electron chi connectivity index (χ1n) is 6.15. The first-order chi connectivity index (χ1) is 9.31. The number of nitriles is 1. The van der Waals surface area contributed by atoms with E-state index in [4.69, 9.17) is 0 Å². The molecule has 1 amide bonds. The van der Waals surface area contributed by atoms with Crippen molar-refractivity contribution >= 4 is 11.6 Å². The summed E-state index contributed by atoms with van der Waals surface area (Å²) in [5.74, 6) is -1.11. The number of carbonyl (C=O) groups is 1. The zero-order valence-electron chi connectivity index (χ0n) is 10.2. The van der Waals surface area contributed by atoms with Gasteiger partial charge in [0.2, 0.25) is 5.91 Å². The van der Waals surface area contributed by atoms with E-state index in [1.165, 1.54) is 0 Å². The summed E-state index contributed by atoms with van der Waals surface area (Å²) in [4.78, 5) is 12.0. The summed E-state index contributed by atoms with van der Waals surface area (Å²) in [5, 5.41) is 12.1. The number of hydrogen-bond acceptors (Lipinski definition) is 2. The van der Waals surface area contributed by atoms with E-state index < -0.39 is 5.92 Å². The summed E-state index contributed by atoms with van der Waals surface area (Å²) in [7, 11) is 0. The normalized spacial score (nSPS) is 21.1. The van der Waals surface area contributed by atoms with Crippen molar-refractivity contribution in [2.24, 2.45) is 5.92 Å². The molecule has 0 bridgehead atoms. The summed E-state index contributed by atoms with van der Waals surface area (Å²) in [5.41, 5.74) is 2.80. The number of anilines is 1. The van der Waals surface area contributed by atoms with Gasteiger partial charge in [0.25, 0.3) is 0 Å². The molecule has 3 rings (SSSR count). The number of benzene rings is 2. The Hall–Kier alpha value is -2.60. The van der Waals surface area contributed by atoms with E-state index in [0.717, 1.165) is 16.8 Å². The highest BCUT2D eigenvalue weighted by atomic mass is 16.1. The van der Waals surface area contributed by atoms with Crippen LogP contribution in [0.2, 0.25) is 0 Å². The average molecular weight is 248 g/mol. The fourth-order valence-corrected chi connectivity index (χ4v) is 2.59. The van der Waals surface area contributed by atoms with Crippen LogP contribution in [-0.4, -0.2) is 5.91 Å². The van der Waals surface area contributed by atoms with Crippen LogP contribution in [0.5, 0.6) is 0 Å². The van der Waals surface area contributed by atoms with Crippen molar-refractivity contribution in [1.82, 2.24) is 0 Å². The quantitative estimate of drug-likeness (QED) is 0.843. The van der Waals surface area contributed by atoms with E-state index in [0.29, 0.717) is 0 Å². The molecule has 19 heavy (non-hydrogen) atoms. The molecule has 0 aromatic heterocycles. The van der Waals surface area contributed by atoms with Gasteiger partial charge < -0.3 is 5.32 Å². The number of amides is 1. The second-order valence-corrected chi connectivity index (χ2v) is 4.57. The number of carbonyl (C=O) groups excluding carboxylic acids is 1. The molecule has 2 aromatic carbocycles. The Balaban J connectivity index is 2.19. The Labute approximate surface area is 111 Å². The fourth-order valence-electron chi connectivity index (χ4n) is 2.59. The lowest BCUT2D eigenvalue weighted by Gasteiger charge is -2.29. The molecule has 0 spiro atoms. The molecule has 3 heteroatoms. The van der Waals surface area contributed by atoms with Crippen molar-refractivity contribution in [2.45, 2.75) is 5.92 Å². The van der Waals surface area contributed by atoms with Crippen LogP contribution in [0.1, 0.15) is 17.0 Å². The van der Waals surface area contributed by atoms with Crippen molar-refractivity contribution in [3.8, 4) is 6.07 Å². The Morgan fingerprint density at radius 1 is 1.00 bits per heavy atom. The second kappa shape index (κ2) is 4.58. The number of hydrogen-bond donors (Lipinski definition) is 1. The fraction of sp³-hybridized carbons (Fsp3) is 0.125. The molecular weight excluding hydrogens is 236 g/mol. The van der Waals surface area contributed by atoms with Crippen LogP contribution in [0.15, 0.2) is 54.6 Å². The van der Waals surface area contributed by atoms with Gasteiger partial charge in [-0.3, -0.25) is 4.79 Å². The van der Waals surface area contributed by atoms with Crippen LogP contribution < -0.4 is 5.32 Å². The van der Waals surface area contributed by atoms with Gasteiger partial charge in [0.15, 0.2) is 0 Å². The van der Waals surface area contributed by atoms with Gasteiger partial charge in [-0.15, -0.1) is 0 Å². The SMILES string of the molecule is N#CC1C(=O)Nc2ccccc2C1c1ccccc1. The smallest absolute Gasteiger partial charge is 0.242 e. The van der Waals surface area contributed by atoms with E-state index in [2.05, 4.69) is 11.4 Å². The van der Waals surface area contributed by atoms with Gasteiger partial charge in [0.1, 0.15) is 5.92 Å². The zero-order chi connectivity index (χ0) is 13.2. The van der Waals surface area contributed by atoms with Gasteiger partial charge >= 0.3 is 0 Å². The van der Waals surface area contributed by atoms with Crippen LogP contribution in [0.4, 0.5) is 5.69 Å². The molecule has 0 saturated heterocycles. The largest absolute Gasteiger partial charge is 0.325 e. The molecule has 1 aliphatic rings. The third-order valence-corrected chi connectivity index (χ3v) is 3.47. The van der Waals surface area contributed by atoms with Gasteiger partial charge in [0, 0.05) is 11.6 Å². The van der Waals surface area contributed by atoms with E-state index in [-0.39, 0.29) is 11.8 Å². The number of para-hydroxylation sites is 1. The predicted molar refractivity (Wildman–Crippen MR) is 72.5 cm³/mol. The minimum atomic E-state index is -0.683. The predicted octanol–water partition coefficient (Wildman–Crippen LogP) is 2.91. The topological polar surface area (TPSA) is 52.9 Å². The molecule has 2 unspecified atom stereocenters.